The molecule has 1 saturated carbocycles. The molecule has 0 aliphatic heterocycles. The SMILES string of the molecule is CN(C(=O)C(=O)Nc1cc([N+](=O)[O-])ccc1Cl)C1CCCCC1. The zero-order chi connectivity index (χ0) is 17.0. The Bertz CT molecular complexity index is 629. The average Bonchev–Trinajstić information content (AvgIpc) is 2.56. The Hall–Kier alpha value is -2.15. The molecule has 1 aromatic carbocycles. The first-order chi connectivity index (χ1) is 10.9. The molecule has 0 radical (unpaired) electrons. The third kappa shape index (κ3) is 4.19. The van der Waals surface area contributed by atoms with Gasteiger partial charge in [0.1, 0.15) is 0 Å². The molecule has 1 N–H and O–H groups in total. The molecular formula is C15H18ClN3O4. The van der Waals surface area contributed by atoms with Gasteiger partial charge in [0.2, 0.25) is 0 Å². The highest BCUT2D eigenvalue weighted by molar-refractivity contribution is 6.41. The molecule has 1 aliphatic rings. The number of amides is 2. The molecular weight excluding hydrogens is 322 g/mol. The van der Waals surface area contributed by atoms with Crippen LogP contribution < -0.4 is 5.32 Å². The number of nitrogens with one attached hydrogen (secondary N) is 1. The van der Waals surface area contributed by atoms with Crippen molar-refractivity contribution in [2.24, 2.45) is 0 Å². The molecule has 124 valence electrons. The van der Waals surface area contributed by atoms with Gasteiger partial charge in [0.25, 0.3) is 5.69 Å². The van der Waals surface area contributed by atoms with Gasteiger partial charge in [-0.1, -0.05) is 30.9 Å². The van der Waals surface area contributed by atoms with Crippen LogP contribution in [0.4, 0.5) is 11.4 Å². The first kappa shape index (κ1) is 17.2. The van der Waals surface area contributed by atoms with E-state index in [1.165, 1.54) is 17.0 Å². The summed E-state index contributed by atoms with van der Waals surface area (Å²) in [5, 5.41) is 13.3. The Morgan fingerprint density at radius 2 is 1.96 bits per heavy atom. The van der Waals surface area contributed by atoms with E-state index >= 15 is 0 Å². The number of carbonyl (C=O) groups is 2. The van der Waals surface area contributed by atoms with Crippen LogP contribution in [0.25, 0.3) is 0 Å². The van der Waals surface area contributed by atoms with Gasteiger partial charge in [0.15, 0.2) is 0 Å². The average molecular weight is 340 g/mol. The molecule has 0 heterocycles. The van der Waals surface area contributed by atoms with E-state index in [9.17, 15) is 19.7 Å². The molecule has 2 rings (SSSR count). The maximum atomic E-state index is 12.2. The van der Waals surface area contributed by atoms with E-state index in [4.69, 9.17) is 11.6 Å². The topological polar surface area (TPSA) is 92.6 Å². The Morgan fingerprint density at radius 3 is 2.57 bits per heavy atom. The summed E-state index contributed by atoms with van der Waals surface area (Å²) in [5.41, 5.74) is -0.158. The standard InChI is InChI=1S/C15H18ClN3O4/c1-18(10-5-3-2-4-6-10)15(21)14(20)17-13-9-11(19(22)23)7-8-12(13)16/h7-10H,2-6H2,1H3,(H,17,20). The van der Waals surface area contributed by atoms with Gasteiger partial charge in [0, 0.05) is 25.2 Å². The van der Waals surface area contributed by atoms with Crippen molar-refractivity contribution in [2.45, 2.75) is 38.1 Å². The second-order valence-corrected chi connectivity index (χ2v) is 5.99. The van der Waals surface area contributed by atoms with Gasteiger partial charge in [-0.2, -0.15) is 0 Å². The minimum Gasteiger partial charge on any atom is -0.335 e. The lowest BCUT2D eigenvalue weighted by molar-refractivity contribution is -0.384. The number of nitro benzene ring substituents is 1. The molecule has 1 aromatic rings. The minimum absolute atomic E-state index is 0.0521. The number of nitro groups is 1. The monoisotopic (exact) mass is 339 g/mol. The van der Waals surface area contributed by atoms with Crippen LogP contribution in [0.1, 0.15) is 32.1 Å². The Balaban J connectivity index is 2.07. The van der Waals surface area contributed by atoms with Gasteiger partial charge in [-0.25, -0.2) is 0 Å². The highest BCUT2D eigenvalue weighted by Gasteiger charge is 2.27. The van der Waals surface area contributed by atoms with Crippen LogP contribution >= 0.6 is 11.6 Å². The Labute approximate surface area is 138 Å². The van der Waals surface area contributed by atoms with Gasteiger partial charge < -0.3 is 10.2 Å². The molecule has 0 saturated heterocycles. The third-order valence-electron chi connectivity index (χ3n) is 4.05. The first-order valence-corrected chi connectivity index (χ1v) is 7.80. The fourth-order valence-electron chi connectivity index (χ4n) is 2.69. The number of rotatable bonds is 3. The molecule has 23 heavy (non-hydrogen) atoms. The highest BCUT2D eigenvalue weighted by atomic mass is 35.5. The van der Waals surface area contributed by atoms with E-state index in [-0.39, 0.29) is 22.4 Å². The van der Waals surface area contributed by atoms with Crippen molar-refractivity contribution in [3.63, 3.8) is 0 Å². The van der Waals surface area contributed by atoms with Gasteiger partial charge in [0.05, 0.1) is 15.6 Å². The van der Waals surface area contributed by atoms with Crippen LogP contribution in [0.15, 0.2) is 18.2 Å². The lowest BCUT2D eigenvalue weighted by Crippen LogP contribution is -2.44. The number of carbonyl (C=O) groups excluding carboxylic acids is 2. The van der Waals surface area contributed by atoms with Crippen LogP contribution in [0, 0.1) is 10.1 Å². The van der Waals surface area contributed by atoms with Crippen LogP contribution in [0.5, 0.6) is 0 Å². The summed E-state index contributed by atoms with van der Waals surface area (Å²) in [6.07, 6.45) is 5.00. The second-order valence-electron chi connectivity index (χ2n) is 5.58. The second kappa shape index (κ2) is 7.41. The molecule has 2 amide bonds. The lowest BCUT2D eigenvalue weighted by atomic mass is 9.94. The van der Waals surface area contributed by atoms with Crippen LogP contribution in [0.3, 0.4) is 0 Å². The fourth-order valence-corrected chi connectivity index (χ4v) is 2.86. The molecule has 1 fully saturated rings. The van der Waals surface area contributed by atoms with E-state index < -0.39 is 16.7 Å². The van der Waals surface area contributed by atoms with Gasteiger partial charge in [-0.05, 0) is 18.9 Å². The van der Waals surface area contributed by atoms with Crippen molar-refractivity contribution in [3.05, 3.63) is 33.3 Å². The number of likely N-dealkylation sites (N-methyl/N-ethyl adjacent to an activating group) is 1. The van der Waals surface area contributed by atoms with Crippen molar-refractivity contribution >= 4 is 34.8 Å². The van der Waals surface area contributed by atoms with Crippen molar-refractivity contribution in [3.8, 4) is 0 Å². The summed E-state index contributed by atoms with van der Waals surface area (Å²) in [4.78, 5) is 35.9. The lowest BCUT2D eigenvalue weighted by Gasteiger charge is -2.30. The molecule has 0 spiro atoms. The van der Waals surface area contributed by atoms with Crippen LogP contribution in [0.2, 0.25) is 5.02 Å². The summed E-state index contributed by atoms with van der Waals surface area (Å²) in [6, 6.07) is 3.73. The molecule has 7 nitrogen and oxygen atoms in total. The number of hydrogen-bond acceptors (Lipinski definition) is 4. The van der Waals surface area contributed by atoms with Gasteiger partial charge in [-0.3, -0.25) is 19.7 Å². The molecule has 1 aliphatic carbocycles. The fraction of sp³-hybridized carbons (Fsp3) is 0.467. The number of nitrogens with zero attached hydrogens (tertiary/aromatic N) is 2. The maximum absolute atomic E-state index is 12.2. The van der Waals surface area contributed by atoms with E-state index in [0.29, 0.717) is 0 Å². The largest absolute Gasteiger partial charge is 0.335 e. The Morgan fingerprint density at radius 1 is 1.30 bits per heavy atom. The summed E-state index contributed by atoms with van der Waals surface area (Å²) in [5.74, 6) is -1.51. The maximum Gasteiger partial charge on any atom is 0.313 e. The predicted molar refractivity (Wildman–Crippen MR) is 86.4 cm³/mol. The van der Waals surface area contributed by atoms with Crippen molar-refractivity contribution in [1.82, 2.24) is 4.90 Å². The molecule has 8 heteroatoms. The molecule has 0 unspecified atom stereocenters. The number of anilines is 1. The number of benzene rings is 1. The first-order valence-electron chi connectivity index (χ1n) is 7.42. The van der Waals surface area contributed by atoms with Crippen LogP contribution in [-0.2, 0) is 9.59 Å². The normalized spacial score (nSPS) is 15.0. The molecule has 0 atom stereocenters. The predicted octanol–water partition coefficient (Wildman–Crippen LogP) is 2.98. The van der Waals surface area contributed by atoms with Crippen molar-refractivity contribution < 1.29 is 14.5 Å². The minimum atomic E-state index is -0.847. The molecule has 0 aromatic heterocycles. The van der Waals surface area contributed by atoms with Crippen molar-refractivity contribution in [2.75, 3.05) is 12.4 Å². The Kier molecular flexibility index (Phi) is 5.54. The zero-order valence-corrected chi connectivity index (χ0v) is 13.5. The number of halogens is 1. The quantitative estimate of drug-likeness (QED) is 0.520. The van der Waals surface area contributed by atoms with E-state index in [1.807, 2.05) is 0 Å². The van der Waals surface area contributed by atoms with E-state index in [2.05, 4.69) is 5.32 Å². The smallest absolute Gasteiger partial charge is 0.313 e. The highest BCUT2D eigenvalue weighted by Crippen LogP contribution is 2.27. The summed E-state index contributed by atoms with van der Waals surface area (Å²) >= 11 is 5.92. The third-order valence-corrected chi connectivity index (χ3v) is 4.38. The summed E-state index contributed by atoms with van der Waals surface area (Å²) in [7, 11) is 1.60. The van der Waals surface area contributed by atoms with Crippen LogP contribution in [-0.4, -0.2) is 34.7 Å². The number of hydrogen-bond donors (Lipinski definition) is 1. The van der Waals surface area contributed by atoms with E-state index in [1.54, 1.807) is 7.05 Å². The summed E-state index contributed by atoms with van der Waals surface area (Å²) in [6.45, 7) is 0. The summed E-state index contributed by atoms with van der Waals surface area (Å²) < 4.78 is 0. The number of non-ortho nitro benzene ring substituents is 1. The van der Waals surface area contributed by atoms with Gasteiger partial charge >= 0.3 is 11.8 Å². The van der Waals surface area contributed by atoms with E-state index in [0.717, 1.165) is 38.2 Å². The van der Waals surface area contributed by atoms with Crippen molar-refractivity contribution in [1.29, 1.82) is 0 Å². The molecule has 0 bridgehead atoms. The zero-order valence-electron chi connectivity index (χ0n) is 12.8. The van der Waals surface area contributed by atoms with Gasteiger partial charge in [-0.15, -0.1) is 0 Å².